The summed E-state index contributed by atoms with van der Waals surface area (Å²) in [5.41, 5.74) is 4.02. The molecule has 3 nitrogen and oxygen atoms in total. The lowest BCUT2D eigenvalue weighted by molar-refractivity contribution is 0.459. The monoisotopic (exact) mass is 272 g/mol. The highest BCUT2D eigenvalue weighted by Gasteiger charge is 2.17. The van der Waals surface area contributed by atoms with Gasteiger partial charge in [-0.15, -0.1) is 0 Å². The molecule has 0 spiro atoms. The molecule has 0 atom stereocenters. The van der Waals surface area contributed by atoms with E-state index in [0.29, 0.717) is 5.75 Å². The molecule has 0 aliphatic rings. The van der Waals surface area contributed by atoms with Crippen LogP contribution in [-0.4, -0.2) is 14.9 Å². The van der Waals surface area contributed by atoms with Crippen molar-refractivity contribution in [1.29, 1.82) is 0 Å². The Hall–Kier alpha value is -1.77. The van der Waals surface area contributed by atoms with E-state index in [1.54, 1.807) is 0 Å². The molecule has 3 heteroatoms. The molecule has 0 saturated carbocycles. The average molecular weight is 272 g/mol. The molecule has 1 N–H and O–H groups in total. The standard InChI is InChI=1S/C17H24N2O/c1-4-6-8-16-17(20)15(7-5-2)18-19(16)14-11-9-13(3)10-12-14/h9-12,20H,4-8H2,1-3H3. The van der Waals surface area contributed by atoms with Crippen molar-refractivity contribution in [3.8, 4) is 11.4 Å². The van der Waals surface area contributed by atoms with Crippen LogP contribution in [0.25, 0.3) is 5.69 Å². The summed E-state index contributed by atoms with van der Waals surface area (Å²) in [6.07, 6.45) is 4.86. The number of unbranched alkanes of at least 4 members (excludes halogenated alkanes) is 1. The van der Waals surface area contributed by atoms with Gasteiger partial charge in [0, 0.05) is 0 Å². The fraction of sp³-hybridized carbons (Fsp3) is 0.471. The molecule has 0 aliphatic carbocycles. The van der Waals surface area contributed by atoms with Gasteiger partial charge in [-0.2, -0.15) is 5.10 Å². The summed E-state index contributed by atoms with van der Waals surface area (Å²) in [5.74, 6) is 0.390. The van der Waals surface area contributed by atoms with Crippen molar-refractivity contribution in [2.45, 2.75) is 52.9 Å². The number of aromatic nitrogens is 2. The summed E-state index contributed by atoms with van der Waals surface area (Å²) in [6, 6.07) is 8.29. The molecular weight excluding hydrogens is 248 g/mol. The van der Waals surface area contributed by atoms with Crippen LogP contribution >= 0.6 is 0 Å². The van der Waals surface area contributed by atoms with E-state index in [9.17, 15) is 5.11 Å². The Bertz CT molecular complexity index is 555. The van der Waals surface area contributed by atoms with Crippen LogP contribution in [0.2, 0.25) is 0 Å². The number of hydrogen-bond donors (Lipinski definition) is 1. The minimum absolute atomic E-state index is 0.390. The van der Waals surface area contributed by atoms with Crippen LogP contribution in [-0.2, 0) is 12.8 Å². The molecule has 0 bridgehead atoms. The molecule has 0 unspecified atom stereocenters. The van der Waals surface area contributed by atoms with Crippen LogP contribution in [0.3, 0.4) is 0 Å². The van der Waals surface area contributed by atoms with Gasteiger partial charge in [0.25, 0.3) is 0 Å². The third kappa shape index (κ3) is 3.03. The Morgan fingerprint density at radius 1 is 1.05 bits per heavy atom. The van der Waals surface area contributed by atoms with Gasteiger partial charge in [-0.1, -0.05) is 44.4 Å². The minimum Gasteiger partial charge on any atom is -0.504 e. The molecule has 2 rings (SSSR count). The first kappa shape index (κ1) is 14.6. The van der Waals surface area contributed by atoms with Crippen LogP contribution in [0, 0.1) is 6.92 Å². The summed E-state index contributed by atoms with van der Waals surface area (Å²) in [5, 5.41) is 15.0. The largest absolute Gasteiger partial charge is 0.504 e. The topological polar surface area (TPSA) is 38.1 Å². The van der Waals surface area contributed by atoms with Crippen molar-refractivity contribution in [1.82, 2.24) is 9.78 Å². The van der Waals surface area contributed by atoms with Gasteiger partial charge < -0.3 is 5.11 Å². The van der Waals surface area contributed by atoms with Crippen molar-refractivity contribution >= 4 is 0 Å². The van der Waals surface area contributed by atoms with Crippen LogP contribution in [0.4, 0.5) is 0 Å². The van der Waals surface area contributed by atoms with Gasteiger partial charge in [-0.05, 0) is 38.3 Å². The van der Waals surface area contributed by atoms with Gasteiger partial charge in [-0.25, -0.2) is 4.68 Å². The summed E-state index contributed by atoms with van der Waals surface area (Å²) in [7, 11) is 0. The maximum Gasteiger partial charge on any atom is 0.160 e. The lowest BCUT2D eigenvalue weighted by Crippen LogP contribution is -2.02. The first-order chi connectivity index (χ1) is 9.67. The van der Waals surface area contributed by atoms with Crippen LogP contribution < -0.4 is 0 Å². The Labute approximate surface area is 121 Å². The van der Waals surface area contributed by atoms with Gasteiger partial charge >= 0.3 is 0 Å². The highest BCUT2D eigenvalue weighted by atomic mass is 16.3. The molecule has 20 heavy (non-hydrogen) atoms. The van der Waals surface area contributed by atoms with Gasteiger partial charge in [0.05, 0.1) is 11.4 Å². The first-order valence-corrected chi connectivity index (χ1v) is 7.54. The van der Waals surface area contributed by atoms with Crippen molar-refractivity contribution in [3.05, 3.63) is 41.2 Å². The van der Waals surface area contributed by atoms with Gasteiger partial charge in [-0.3, -0.25) is 0 Å². The predicted octanol–water partition coefficient (Wildman–Crippen LogP) is 4.18. The fourth-order valence-corrected chi connectivity index (χ4v) is 2.37. The lowest BCUT2D eigenvalue weighted by Gasteiger charge is -2.07. The number of rotatable bonds is 6. The molecule has 0 saturated heterocycles. The highest BCUT2D eigenvalue weighted by Crippen LogP contribution is 2.27. The molecule has 108 valence electrons. The van der Waals surface area contributed by atoms with Crippen LogP contribution in [0.1, 0.15) is 50.1 Å². The van der Waals surface area contributed by atoms with Crippen molar-refractivity contribution in [3.63, 3.8) is 0 Å². The van der Waals surface area contributed by atoms with E-state index in [1.807, 2.05) is 4.68 Å². The molecule has 1 aromatic carbocycles. The number of nitrogens with zero attached hydrogens (tertiary/aromatic N) is 2. The minimum atomic E-state index is 0.390. The second-order valence-electron chi connectivity index (χ2n) is 5.34. The number of aromatic hydroxyl groups is 1. The molecule has 0 aliphatic heterocycles. The second-order valence-corrected chi connectivity index (χ2v) is 5.34. The summed E-state index contributed by atoms with van der Waals surface area (Å²) >= 11 is 0. The predicted molar refractivity (Wildman–Crippen MR) is 82.6 cm³/mol. The van der Waals surface area contributed by atoms with E-state index in [-0.39, 0.29) is 0 Å². The molecule has 0 radical (unpaired) electrons. The van der Waals surface area contributed by atoms with Crippen LogP contribution in [0.15, 0.2) is 24.3 Å². The first-order valence-electron chi connectivity index (χ1n) is 7.54. The number of aryl methyl sites for hydroxylation is 2. The summed E-state index contributed by atoms with van der Waals surface area (Å²) < 4.78 is 1.91. The Morgan fingerprint density at radius 2 is 1.75 bits per heavy atom. The number of hydrogen-bond acceptors (Lipinski definition) is 2. The SMILES string of the molecule is CCCCc1c(O)c(CCC)nn1-c1ccc(C)cc1. The second kappa shape index (κ2) is 6.60. The third-order valence-electron chi connectivity index (χ3n) is 3.56. The smallest absolute Gasteiger partial charge is 0.160 e. The maximum absolute atomic E-state index is 10.4. The maximum atomic E-state index is 10.4. The van der Waals surface area contributed by atoms with Gasteiger partial charge in [0.1, 0.15) is 5.69 Å². The van der Waals surface area contributed by atoms with Gasteiger partial charge in [0.15, 0.2) is 5.75 Å². The molecule has 0 fully saturated rings. The lowest BCUT2D eigenvalue weighted by atomic mass is 10.1. The van der Waals surface area contributed by atoms with E-state index in [0.717, 1.165) is 49.2 Å². The van der Waals surface area contributed by atoms with E-state index >= 15 is 0 Å². The molecule has 0 amide bonds. The highest BCUT2D eigenvalue weighted by molar-refractivity contribution is 5.42. The third-order valence-corrected chi connectivity index (χ3v) is 3.56. The normalized spacial score (nSPS) is 10.9. The molecule has 2 aromatic rings. The summed E-state index contributed by atoms with van der Waals surface area (Å²) in [6.45, 7) is 6.34. The summed E-state index contributed by atoms with van der Waals surface area (Å²) in [4.78, 5) is 0. The van der Waals surface area contributed by atoms with E-state index in [1.165, 1.54) is 5.56 Å². The zero-order valence-electron chi connectivity index (χ0n) is 12.7. The van der Waals surface area contributed by atoms with Crippen molar-refractivity contribution in [2.75, 3.05) is 0 Å². The zero-order chi connectivity index (χ0) is 14.5. The molecule has 1 heterocycles. The Balaban J connectivity index is 2.43. The number of benzene rings is 1. The fourth-order valence-electron chi connectivity index (χ4n) is 2.37. The van der Waals surface area contributed by atoms with Gasteiger partial charge in [0.2, 0.25) is 0 Å². The Kier molecular flexibility index (Phi) is 4.83. The van der Waals surface area contributed by atoms with E-state index < -0.39 is 0 Å². The quantitative estimate of drug-likeness (QED) is 0.856. The average Bonchev–Trinajstić information content (AvgIpc) is 2.75. The van der Waals surface area contributed by atoms with E-state index in [4.69, 9.17) is 0 Å². The Morgan fingerprint density at radius 3 is 2.35 bits per heavy atom. The van der Waals surface area contributed by atoms with Crippen LogP contribution in [0.5, 0.6) is 5.75 Å². The van der Waals surface area contributed by atoms with Crippen molar-refractivity contribution in [2.24, 2.45) is 0 Å². The zero-order valence-corrected chi connectivity index (χ0v) is 12.7. The van der Waals surface area contributed by atoms with E-state index in [2.05, 4.69) is 50.1 Å². The van der Waals surface area contributed by atoms with Crippen molar-refractivity contribution < 1.29 is 5.11 Å². The molecular formula is C17H24N2O. The molecule has 1 aromatic heterocycles.